The molecule has 4 fully saturated rings. The van der Waals surface area contributed by atoms with Gasteiger partial charge in [-0.25, -0.2) is 0 Å². The first-order chi connectivity index (χ1) is 16.9. The smallest absolute Gasteiger partial charge is 0.255 e. The van der Waals surface area contributed by atoms with Crippen molar-refractivity contribution in [2.75, 3.05) is 5.32 Å². The first kappa shape index (κ1) is 23.1. The van der Waals surface area contributed by atoms with Crippen molar-refractivity contribution >= 4 is 11.6 Å². The Labute approximate surface area is 211 Å². The highest BCUT2D eigenvalue weighted by Gasteiger charge is 2.59. The minimum atomic E-state index is -0.0806. The minimum absolute atomic E-state index is 0.0806. The number of amides is 1. The van der Waals surface area contributed by atoms with Crippen molar-refractivity contribution in [1.82, 2.24) is 0 Å². The van der Waals surface area contributed by atoms with Crippen LogP contribution in [-0.2, 0) is 0 Å². The molecule has 0 saturated heterocycles. The fourth-order valence-corrected chi connectivity index (χ4v) is 8.98. The Morgan fingerprint density at radius 2 is 1.69 bits per heavy atom. The Hall–Kier alpha value is -2.29. The Morgan fingerprint density at radius 3 is 2.49 bits per heavy atom. The van der Waals surface area contributed by atoms with Crippen molar-refractivity contribution < 1.29 is 9.53 Å². The van der Waals surface area contributed by atoms with Crippen LogP contribution < -0.4 is 10.1 Å². The van der Waals surface area contributed by atoms with Gasteiger partial charge in [0.15, 0.2) is 0 Å². The maximum absolute atomic E-state index is 12.4. The fraction of sp³-hybridized carbons (Fsp3) is 0.594. The molecule has 3 nitrogen and oxygen atoms in total. The first-order valence-corrected chi connectivity index (χ1v) is 14.1. The van der Waals surface area contributed by atoms with Gasteiger partial charge in [-0.05, 0) is 122 Å². The number of ether oxygens (including phenoxy) is 1. The van der Waals surface area contributed by atoms with E-state index >= 15 is 0 Å². The molecule has 2 aromatic rings. The van der Waals surface area contributed by atoms with Gasteiger partial charge in [-0.3, -0.25) is 4.79 Å². The second-order valence-electron chi connectivity index (χ2n) is 12.6. The zero-order chi connectivity index (χ0) is 24.0. The predicted octanol–water partition coefficient (Wildman–Crippen LogP) is 8.12. The summed E-state index contributed by atoms with van der Waals surface area (Å²) in [5.74, 6) is 4.48. The van der Waals surface area contributed by atoms with Gasteiger partial charge in [0.25, 0.3) is 5.91 Å². The molecule has 4 aliphatic rings. The van der Waals surface area contributed by atoms with Crippen LogP contribution in [0.4, 0.5) is 5.69 Å². The van der Waals surface area contributed by atoms with Crippen LogP contribution in [0.1, 0.15) is 88.4 Å². The molecule has 0 aliphatic heterocycles. The largest absolute Gasteiger partial charge is 0.490 e. The summed E-state index contributed by atoms with van der Waals surface area (Å²) >= 11 is 0. The van der Waals surface area contributed by atoms with Crippen LogP contribution in [0.2, 0.25) is 0 Å². The topological polar surface area (TPSA) is 38.3 Å². The lowest BCUT2D eigenvalue weighted by atomic mass is 9.45. The standard InChI is InChI=1S/C32H41NO2/c1-31-19-17-28-27(16-11-23-10-6-7-18-32(23,28)2)29(31)20-26(21-31)35-25-14-12-24(13-15-25)33-30(34)22-8-4-3-5-9-22/h3-5,8-9,12-15,23,26-29H,6-7,10-11,16-21H2,1-2H3,(H,33,34)/t23-,26+,27-,28+,29+,31-,32+/m1/s1. The highest BCUT2D eigenvalue weighted by molar-refractivity contribution is 6.04. The number of anilines is 1. The Kier molecular flexibility index (Phi) is 5.93. The predicted molar refractivity (Wildman–Crippen MR) is 142 cm³/mol. The van der Waals surface area contributed by atoms with Crippen molar-refractivity contribution in [1.29, 1.82) is 0 Å². The molecular formula is C32H41NO2. The minimum Gasteiger partial charge on any atom is -0.490 e. The second kappa shape index (κ2) is 8.98. The van der Waals surface area contributed by atoms with E-state index in [1.165, 1.54) is 64.2 Å². The van der Waals surface area contributed by atoms with Crippen molar-refractivity contribution in [2.24, 2.45) is 34.5 Å². The number of benzene rings is 2. The molecule has 2 aromatic carbocycles. The van der Waals surface area contributed by atoms with Crippen molar-refractivity contribution in [3.05, 3.63) is 60.2 Å². The molecule has 0 radical (unpaired) electrons. The van der Waals surface area contributed by atoms with Gasteiger partial charge in [0.2, 0.25) is 0 Å². The number of rotatable bonds is 4. The third-order valence-electron chi connectivity index (χ3n) is 10.8. The van der Waals surface area contributed by atoms with Crippen molar-refractivity contribution in [2.45, 2.75) is 84.2 Å². The summed E-state index contributed by atoms with van der Waals surface area (Å²) in [5, 5.41) is 2.99. The average molecular weight is 472 g/mol. The van der Waals surface area contributed by atoms with Gasteiger partial charge in [0, 0.05) is 11.3 Å². The molecule has 0 unspecified atom stereocenters. The average Bonchev–Trinajstić information content (AvgIpc) is 3.21. The van der Waals surface area contributed by atoms with Crippen LogP contribution >= 0.6 is 0 Å². The van der Waals surface area contributed by atoms with Crippen LogP contribution in [0.5, 0.6) is 5.75 Å². The van der Waals surface area contributed by atoms with Crippen LogP contribution in [0.3, 0.4) is 0 Å². The number of fused-ring (bicyclic) bond motifs is 5. The third-order valence-corrected chi connectivity index (χ3v) is 10.8. The summed E-state index contributed by atoms with van der Waals surface area (Å²) in [4.78, 5) is 12.4. The maximum atomic E-state index is 12.4. The summed E-state index contributed by atoms with van der Waals surface area (Å²) < 4.78 is 6.58. The Bertz CT molecular complexity index is 1050. The summed E-state index contributed by atoms with van der Waals surface area (Å²) in [5.41, 5.74) is 2.51. The number of hydrogen-bond acceptors (Lipinski definition) is 2. The van der Waals surface area contributed by atoms with Gasteiger partial charge in [-0.1, -0.05) is 44.9 Å². The molecule has 0 aromatic heterocycles. The van der Waals surface area contributed by atoms with E-state index in [1.807, 2.05) is 54.6 Å². The SMILES string of the molecule is C[C@]12CC[C@H]3[C@@H](CC[C@H]4CCCC[C@@]43C)[C@@H]1C[C@H](Oc1ccc(NC(=O)c3ccccc3)cc1)C2. The highest BCUT2D eigenvalue weighted by Crippen LogP contribution is 2.66. The van der Waals surface area contributed by atoms with Crippen LogP contribution in [0.15, 0.2) is 54.6 Å². The normalized spacial score (nSPS) is 38.1. The van der Waals surface area contributed by atoms with E-state index in [2.05, 4.69) is 19.2 Å². The summed E-state index contributed by atoms with van der Waals surface area (Å²) in [7, 11) is 0. The third kappa shape index (κ3) is 4.19. The van der Waals surface area contributed by atoms with Crippen LogP contribution in [0, 0.1) is 34.5 Å². The van der Waals surface area contributed by atoms with Gasteiger partial charge < -0.3 is 10.1 Å². The Balaban J connectivity index is 1.11. The summed E-state index contributed by atoms with van der Waals surface area (Å²) in [6.45, 7) is 5.23. The van der Waals surface area contributed by atoms with Gasteiger partial charge >= 0.3 is 0 Å². The molecule has 7 atom stereocenters. The number of carbonyl (C=O) groups is 1. The van der Waals surface area contributed by atoms with Gasteiger partial charge in [-0.15, -0.1) is 0 Å². The van der Waals surface area contributed by atoms with E-state index in [4.69, 9.17) is 4.74 Å². The molecule has 1 amide bonds. The zero-order valence-corrected chi connectivity index (χ0v) is 21.5. The molecule has 4 saturated carbocycles. The first-order valence-electron chi connectivity index (χ1n) is 14.1. The van der Waals surface area contributed by atoms with Gasteiger partial charge in [-0.2, -0.15) is 0 Å². The second-order valence-corrected chi connectivity index (χ2v) is 12.6. The zero-order valence-electron chi connectivity index (χ0n) is 21.5. The molecule has 6 rings (SSSR count). The molecule has 3 heteroatoms. The highest BCUT2D eigenvalue weighted by atomic mass is 16.5. The van der Waals surface area contributed by atoms with E-state index in [-0.39, 0.29) is 5.91 Å². The Morgan fingerprint density at radius 1 is 0.886 bits per heavy atom. The lowest BCUT2D eigenvalue weighted by Crippen LogP contribution is -2.51. The maximum Gasteiger partial charge on any atom is 0.255 e. The molecule has 0 heterocycles. The van der Waals surface area contributed by atoms with Crippen molar-refractivity contribution in [3.8, 4) is 5.75 Å². The van der Waals surface area contributed by atoms with Crippen LogP contribution in [-0.4, -0.2) is 12.0 Å². The summed E-state index contributed by atoms with van der Waals surface area (Å²) in [6.07, 6.45) is 14.3. The van der Waals surface area contributed by atoms with Crippen LogP contribution in [0.25, 0.3) is 0 Å². The molecule has 186 valence electrons. The van der Waals surface area contributed by atoms with Gasteiger partial charge in [0.05, 0.1) is 6.10 Å². The van der Waals surface area contributed by atoms with Gasteiger partial charge in [0.1, 0.15) is 5.75 Å². The van der Waals surface area contributed by atoms with Crippen molar-refractivity contribution in [3.63, 3.8) is 0 Å². The number of hydrogen-bond donors (Lipinski definition) is 1. The number of nitrogens with one attached hydrogen (secondary N) is 1. The summed E-state index contributed by atoms with van der Waals surface area (Å²) in [6, 6.07) is 17.3. The molecule has 35 heavy (non-hydrogen) atoms. The molecule has 0 spiro atoms. The lowest BCUT2D eigenvalue weighted by molar-refractivity contribution is -0.103. The molecule has 4 aliphatic carbocycles. The van der Waals surface area contributed by atoms with E-state index in [0.29, 0.717) is 22.5 Å². The van der Waals surface area contributed by atoms with E-state index in [9.17, 15) is 4.79 Å². The van der Waals surface area contributed by atoms with E-state index in [1.54, 1.807) is 0 Å². The monoisotopic (exact) mass is 471 g/mol. The lowest BCUT2D eigenvalue weighted by Gasteiger charge is -2.59. The molecule has 1 N–H and O–H groups in total. The van der Waals surface area contributed by atoms with E-state index in [0.717, 1.165) is 35.1 Å². The molecule has 0 bridgehead atoms. The molecular weight excluding hydrogens is 430 g/mol. The quantitative estimate of drug-likeness (QED) is 0.489. The number of carbonyl (C=O) groups excluding carboxylic acids is 1. The van der Waals surface area contributed by atoms with E-state index < -0.39 is 0 Å². The fourth-order valence-electron chi connectivity index (χ4n) is 8.98.